The molecule has 1 atom stereocenters. The highest BCUT2D eigenvalue weighted by molar-refractivity contribution is 6.33. The third kappa shape index (κ3) is 3.67. The van der Waals surface area contributed by atoms with Crippen LogP contribution in [0.25, 0.3) is 0 Å². The Morgan fingerprint density at radius 2 is 2.31 bits per heavy atom. The van der Waals surface area contributed by atoms with Gasteiger partial charge in [-0.15, -0.1) is 0 Å². The van der Waals surface area contributed by atoms with Gasteiger partial charge in [0.2, 0.25) is 0 Å². The van der Waals surface area contributed by atoms with Crippen LogP contribution in [-0.2, 0) is 0 Å². The molecule has 1 aromatic carbocycles. The summed E-state index contributed by atoms with van der Waals surface area (Å²) in [4.78, 5) is 11.3. The summed E-state index contributed by atoms with van der Waals surface area (Å²) >= 11 is 5.71. The van der Waals surface area contributed by atoms with Gasteiger partial charge in [-0.3, -0.25) is 0 Å². The molecule has 3 N–H and O–H groups in total. The first-order valence-corrected chi connectivity index (χ1v) is 5.04. The Hall–Kier alpha value is -1.33. The zero-order chi connectivity index (χ0) is 12.1. The fourth-order valence-electron chi connectivity index (χ4n) is 1.02. The number of amides is 2. The second-order valence-corrected chi connectivity index (χ2v) is 3.71. The summed E-state index contributed by atoms with van der Waals surface area (Å²) in [6, 6.07) is 2.79. The normalized spacial score (nSPS) is 12.0. The molecule has 0 heterocycles. The smallest absolute Gasteiger partial charge is 0.319 e. The van der Waals surface area contributed by atoms with Gasteiger partial charge in [0.25, 0.3) is 0 Å². The van der Waals surface area contributed by atoms with Crippen molar-refractivity contribution in [2.24, 2.45) is 0 Å². The minimum absolute atomic E-state index is 0.117. The molecule has 4 nitrogen and oxygen atoms in total. The van der Waals surface area contributed by atoms with Crippen molar-refractivity contribution in [3.05, 3.63) is 29.0 Å². The molecule has 6 heteroatoms. The maximum atomic E-state index is 12.7. The molecule has 88 valence electrons. The summed E-state index contributed by atoms with van der Waals surface area (Å²) in [5.41, 5.74) is 0.311. The third-order valence-electron chi connectivity index (χ3n) is 1.83. The number of hydrogen-bond acceptors (Lipinski definition) is 2. The Kier molecular flexibility index (Phi) is 4.52. The highest BCUT2D eigenvalue weighted by Crippen LogP contribution is 2.22. The number of benzene rings is 1. The van der Waals surface area contributed by atoms with Crippen molar-refractivity contribution >= 4 is 23.3 Å². The zero-order valence-corrected chi connectivity index (χ0v) is 9.38. The SMILES string of the molecule is CC(CO)NC(=O)Nc1ccc(F)cc1Cl. The maximum Gasteiger partial charge on any atom is 0.319 e. The van der Waals surface area contributed by atoms with E-state index in [1.54, 1.807) is 6.92 Å². The predicted octanol–water partition coefficient (Wildman–Crippen LogP) is 1.98. The van der Waals surface area contributed by atoms with Crippen LogP contribution in [0.4, 0.5) is 14.9 Å². The molecule has 0 aliphatic rings. The second-order valence-electron chi connectivity index (χ2n) is 3.31. The van der Waals surface area contributed by atoms with Gasteiger partial charge in [0, 0.05) is 0 Å². The van der Waals surface area contributed by atoms with E-state index in [0.29, 0.717) is 5.69 Å². The van der Waals surface area contributed by atoms with E-state index in [0.717, 1.165) is 6.07 Å². The molecule has 0 saturated heterocycles. The van der Waals surface area contributed by atoms with E-state index in [1.165, 1.54) is 12.1 Å². The second kappa shape index (κ2) is 5.67. The van der Waals surface area contributed by atoms with Crippen LogP contribution in [0.15, 0.2) is 18.2 Å². The van der Waals surface area contributed by atoms with E-state index in [-0.39, 0.29) is 17.7 Å². The average Bonchev–Trinajstić information content (AvgIpc) is 2.22. The average molecular weight is 247 g/mol. The summed E-state index contributed by atoms with van der Waals surface area (Å²) in [5, 5.41) is 13.8. The van der Waals surface area contributed by atoms with E-state index in [1.807, 2.05) is 0 Å². The molecule has 0 aliphatic carbocycles. The molecule has 0 radical (unpaired) electrons. The number of aliphatic hydroxyl groups is 1. The first kappa shape index (κ1) is 12.7. The molecule has 16 heavy (non-hydrogen) atoms. The summed E-state index contributed by atoms with van der Waals surface area (Å²) in [7, 11) is 0. The number of carbonyl (C=O) groups is 1. The van der Waals surface area contributed by atoms with Crippen LogP contribution >= 0.6 is 11.6 Å². The van der Waals surface area contributed by atoms with Crippen molar-refractivity contribution in [3.63, 3.8) is 0 Å². The molecule has 1 aromatic rings. The minimum Gasteiger partial charge on any atom is -0.394 e. The van der Waals surface area contributed by atoms with E-state index in [2.05, 4.69) is 10.6 Å². The van der Waals surface area contributed by atoms with Gasteiger partial charge in [0.15, 0.2) is 0 Å². The number of aliphatic hydroxyl groups excluding tert-OH is 1. The molecule has 2 amide bonds. The van der Waals surface area contributed by atoms with Gasteiger partial charge in [-0.25, -0.2) is 9.18 Å². The van der Waals surface area contributed by atoms with Gasteiger partial charge in [0.05, 0.1) is 23.4 Å². The van der Waals surface area contributed by atoms with Crippen molar-refractivity contribution in [1.82, 2.24) is 5.32 Å². The molecule has 1 rings (SSSR count). The summed E-state index contributed by atoms with van der Waals surface area (Å²) < 4.78 is 12.7. The molecule has 0 aromatic heterocycles. The summed E-state index contributed by atoms with van der Waals surface area (Å²) in [5.74, 6) is -0.473. The van der Waals surface area contributed by atoms with Crippen molar-refractivity contribution < 1.29 is 14.3 Å². The van der Waals surface area contributed by atoms with Gasteiger partial charge in [-0.05, 0) is 25.1 Å². The van der Waals surface area contributed by atoms with Gasteiger partial charge in [-0.2, -0.15) is 0 Å². The first-order valence-electron chi connectivity index (χ1n) is 4.66. The van der Waals surface area contributed by atoms with Crippen molar-refractivity contribution in [3.8, 4) is 0 Å². The quantitative estimate of drug-likeness (QED) is 0.764. The Morgan fingerprint density at radius 1 is 1.62 bits per heavy atom. The molecule has 0 saturated carbocycles. The first-order chi connectivity index (χ1) is 7.52. The van der Waals surface area contributed by atoms with Crippen molar-refractivity contribution in [2.45, 2.75) is 13.0 Å². The highest BCUT2D eigenvalue weighted by atomic mass is 35.5. The van der Waals surface area contributed by atoms with Crippen LogP contribution in [0.2, 0.25) is 5.02 Å². The van der Waals surface area contributed by atoms with Crippen LogP contribution in [0.5, 0.6) is 0 Å². The molecule has 0 bridgehead atoms. The zero-order valence-electron chi connectivity index (χ0n) is 8.63. The molecular weight excluding hydrogens is 235 g/mol. The van der Waals surface area contributed by atoms with E-state index in [4.69, 9.17) is 16.7 Å². The number of rotatable bonds is 3. The number of urea groups is 1. The Labute approximate surface area is 97.4 Å². The topological polar surface area (TPSA) is 61.4 Å². The van der Waals surface area contributed by atoms with E-state index in [9.17, 15) is 9.18 Å². The monoisotopic (exact) mass is 246 g/mol. The lowest BCUT2D eigenvalue weighted by molar-refractivity contribution is 0.229. The number of nitrogens with one attached hydrogen (secondary N) is 2. The lowest BCUT2D eigenvalue weighted by Gasteiger charge is -2.12. The van der Waals surface area contributed by atoms with Crippen molar-refractivity contribution in [2.75, 3.05) is 11.9 Å². The van der Waals surface area contributed by atoms with Crippen LogP contribution in [0, 0.1) is 5.82 Å². The third-order valence-corrected chi connectivity index (χ3v) is 2.14. The summed E-state index contributed by atoms with van der Waals surface area (Å²) in [6.07, 6.45) is 0. The van der Waals surface area contributed by atoms with Crippen LogP contribution < -0.4 is 10.6 Å². The molecule has 0 aliphatic heterocycles. The largest absolute Gasteiger partial charge is 0.394 e. The van der Waals surface area contributed by atoms with Gasteiger partial charge >= 0.3 is 6.03 Å². The Bertz CT molecular complexity index is 387. The maximum absolute atomic E-state index is 12.7. The number of anilines is 1. The lowest BCUT2D eigenvalue weighted by Crippen LogP contribution is -2.38. The lowest BCUT2D eigenvalue weighted by atomic mass is 10.3. The summed E-state index contributed by atoms with van der Waals surface area (Å²) in [6.45, 7) is 1.48. The van der Waals surface area contributed by atoms with E-state index >= 15 is 0 Å². The molecule has 1 unspecified atom stereocenters. The van der Waals surface area contributed by atoms with Crippen LogP contribution in [0.1, 0.15) is 6.92 Å². The Morgan fingerprint density at radius 3 is 2.88 bits per heavy atom. The minimum atomic E-state index is -0.505. The van der Waals surface area contributed by atoms with Gasteiger partial charge < -0.3 is 15.7 Å². The van der Waals surface area contributed by atoms with Gasteiger partial charge in [0.1, 0.15) is 5.82 Å². The highest BCUT2D eigenvalue weighted by Gasteiger charge is 2.08. The number of halogens is 2. The molecule has 0 spiro atoms. The number of carbonyl (C=O) groups excluding carboxylic acids is 1. The fourth-order valence-corrected chi connectivity index (χ4v) is 1.23. The molecular formula is C10H12ClFN2O2. The number of hydrogen-bond donors (Lipinski definition) is 3. The standard InChI is InChI=1S/C10H12ClFN2O2/c1-6(5-15)13-10(16)14-9-3-2-7(12)4-8(9)11/h2-4,6,15H,5H2,1H3,(H2,13,14,16). The van der Waals surface area contributed by atoms with Crippen LogP contribution in [0.3, 0.4) is 0 Å². The van der Waals surface area contributed by atoms with Crippen molar-refractivity contribution in [1.29, 1.82) is 0 Å². The Balaban J connectivity index is 2.63. The molecule has 0 fully saturated rings. The predicted molar refractivity (Wildman–Crippen MR) is 60.1 cm³/mol. The van der Waals surface area contributed by atoms with Gasteiger partial charge in [-0.1, -0.05) is 11.6 Å². The van der Waals surface area contributed by atoms with Crippen LogP contribution in [-0.4, -0.2) is 23.8 Å². The van der Waals surface area contributed by atoms with E-state index < -0.39 is 11.8 Å². The fraction of sp³-hybridized carbons (Fsp3) is 0.300.